The first-order valence-electron chi connectivity index (χ1n) is 5.98. The quantitative estimate of drug-likeness (QED) is 0.452. The second-order valence-corrected chi connectivity index (χ2v) is 5.30. The Balaban J connectivity index is 1.95. The zero-order valence-corrected chi connectivity index (χ0v) is 10.9. The summed E-state index contributed by atoms with van der Waals surface area (Å²) >= 11 is 3.84. The van der Waals surface area contributed by atoms with Crippen molar-refractivity contribution in [2.24, 2.45) is 11.8 Å². The summed E-state index contributed by atoms with van der Waals surface area (Å²) in [6.45, 7) is 0. The largest absolute Gasteiger partial charge is 0.398 e. The smallest absolute Gasteiger partial charge is 0.243 e. The van der Waals surface area contributed by atoms with Crippen LogP contribution in [0.3, 0.4) is 0 Å². The molecule has 5 nitrogen and oxygen atoms in total. The number of ketones is 1. The number of thiol groups is 1. The molecule has 2 atom stereocenters. The van der Waals surface area contributed by atoms with Crippen molar-refractivity contribution in [1.82, 2.24) is 4.31 Å². The van der Waals surface area contributed by atoms with Gasteiger partial charge in [0, 0.05) is 23.6 Å². The number of hydrogen-bond acceptors (Lipinski definition) is 5. The number of carbonyl (C=O) groups excluding carboxylic acids is 3. The van der Waals surface area contributed by atoms with E-state index in [0.717, 1.165) is 9.87 Å². The summed E-state index contributed by atoms with van der Waals surface area (Å²) in [5, 5.41) is 0. The topological polar surface area (TPSA) is 80.5 Å². The third-order valence-corrected chi connectivity index (χ3v) is 4.30. The minimum atomic E-state index is -0.607. The number of benzene rings is 1. The molecule has 98 valence electrons. The summed E-state index contributed by atoms with van der Waals surface area (Å²) in [5.74, 6) is -1.94. The summed E-state index contributed by atoms with van der Waals surface area (Å²) in [7, 11) is 0. The molecule has 1 aliphatic carbocycles. The molecule has 2 unspecified atom stereocenters. The van der Waals surface area contributed by atoms with E-state index >= 15 is 0 Å². The summed E-state index contributed by atoms with van der Waals surface area (Å²) < 4.78 is 0.810. The van der Waals surface area contributed by atoms with E-state index in [1.807, 2.05) is 0 Å². The maximum absolute atomic E-state index is 12.3. The van der Waals surface area contributed by atoms with Crippen LogP contribution >= 0.6 is 12.8 Å². The molecule has 1 heterocycles. The predicted molar refractivity (Wildman–Crippen MR) is 71.3 cm³/mol. The van der Waals surface area contributed by atoms with Crippen molar-refractivity contribution in [3.63, 3.8) is 0 Å². The third-order valence-electron chi connectivity index (χ3n) is 3.88. The highest BCUT2D eigenvalue weighted by Crippen LogP contribution is 2.39. The van der Waals surface area contributed by atoms with Gasteiger partial charge in [0.15, 0.2) is 5.78 Å². The maximum Gasteiger partial charge on any atom is 0.243 e. The molecule has 0 radical (unpaired) electrons. The molecule has 1 aliphatic heterocycles. The van der Waals surface area contributed by atoms with E-state index in [-0.39, 0.29) is 18.1 Å². The molecule has 2 amide bonds. The van der Waals surface area contributed by atoms with Gasteiger partial charge < -0.3 is 5.73 Å². The summed E-state index contributed by atoms with van der Waals surface area (Å²) in [6, 6.07) is 5.18. The Bertz CT molecular complexity index is 614. The van der Waals surface area contributed by atoms with Crippen molar-refractivity contribution in [3.8, 4) is 0 Å². The Morgan fingerprint density at radius 2 is 1.89 bits per heavy atom. The average molecular weight is 276 g/mol. The number of fused-ring (bicyclic) bond motifs is 1. The second-order valence-electron chi connectivity index (χ2n) is 4.90. The fourth-order valence-corrected chi connectivity index (χ4v) is 3.09. The number of Topliss-reactive ketones (excluding diaryl/α,β-unsaturated/α-hetero) is 1. The molecule has 2 aliphatic rings. The summed E-state index contributed by atoms with van der Waals surface area (Å²) in [5.41, 5.74) is 7.78. The van der Waals surface area contributed by atoms with Crippen LogP contribution in [0, 0.1) is 11.8 Å². The minimum Gasteiger partial charge on any atom is -0.398 e. The van der Waals surface area contributed by atoms with Crippen LogP contribution in [0.1, 0.15) is 22.3 Å². The molecular weight excluding hydrogens is 264 g/mol. The van der Waals surface area contributed by atoms with Crippen LogP contribution in [0.2, 0.25) is 0 Å². The second kappa shape index (κ2) is 4.09. The van der Waals surface area contributed by atoms with E-state index in [9.17, 15) is 14.4 Å². The van der Waals surface area contributed by atoms with Gasteiger partial charge in [-0.25, -0.2) is 4.31 Å². The number of amides is 2. The van der Waals surface area contributed by atoms with Crippen molar-refractivity contribution >= 4 is 36.1 Å². The Kier molecular flexibility index (Phi) is 2.63. The van der Waals surface area contributed by atoms with E-state index in [1.165, 1.54) is 0 Å². The lowest BCUT2D eigenvalue weighted by atomic mass is 9.87. The summed E-state index contributed by atoms with van der Waals surface area (Å²) in [6.07, 6.45) is 0.471. The van der Waals surface area contributed by atoms with E-state index < -0.39 is 17.7 Å². The third kappa shape index (κ3) is 1.67. The molecule has 1 aromatic rings. The maximum atomic E-state index is 12.3. The van der Waals surface area contributed by atoms with Crippen LogP contribution in [0.5, 0.6) is 0 Å². The van der Waals surface area contributed by atoms with Gasteiger partial charge in [-0.05, 0) is 18.1 Å². The number of nitrogen functional groups attached to an aromatic ring is 1. The predicted octanol–water partition coefficient (Wildman–Crippen LogP) is 0.844. The molecule has 0 saturated carbocycles. The fraction of sp³-hybridized carbons (Fsp3) is 0.308. The molecule has 1 saturated heterocycles. The molecule has 0 bridgehead atoms. The van der Waals surface area contributed by atoms with E-state index in [2.05, 4.69) is 12.8 Å². The number of carbonyl (C=O) groups is 3. The molecule has 6 heteroatoms. The highest BCUT2D eigenvalue weighted by molar-refractivity contribution is 7.79. The van der Waals surface area contributed by atoms with Gasteiger partial charge >= 0.3 is 0 Å². The van der Waals surface area contributed by atoms with Crippen molar-refractivity contribution in [2.75, 3.05) is 5.73 Å². The highest BCUT2D eigenvalue weighted by atomic mass is 32.1. The van der Waals surface area contributed by atoms with Gasteiger partial charge in [-0.1, -0.05) is 24.9 Å². The molecule has 19 heavy (non-hydrogen) atoms. The standard InChI is InChI=1S/C13H12N2O3S/c14-10-3-1-2-6-7(10)4-8(12(6)17)9-5-11(16)15(19)13(9)18/h1-3,8-9,19H,4-5,14H2. The van der Waals surface area contributed by atoms with E-state index in [1.54, 1.807) is 18.2 Å². The molecule has 1 aromatic carbocycles. The van der Waals surface area contributed by atoms with Gasteiger partial charge in [0.05, 0.1) is 5.92 Å². The Morgan fingerprint density at radius 3 is 2.47 bits per heavy atom. The van der Waals surface area contributed by atoms with Gasteiger partial charge in [0.25, 0.3) is 0 Å². The van der Waals surface area contributed by atoms with Crippen LogP contribution in [-0.2, 0) is 16.0 Å². The number of anilines is 1. The van der Waals surface area contributed by atoms with Crippen LogP contribution in [0.15, 0.2) is 18.2 Å². The number of hydrogen-bond donors (Lipinski definition) is 2. The van der Waals surface area contributed by atoms with E-state index in [4.69, 9.17) is 5.73 Å². The van der Waals surface area contributed by atoms with Crippen molar-refractivity contribution in [3.05, 3.63) is 29.3 Å². The lowest BCUT2D eigenvalue weighted by Gasteiger charge is -2.13. The summed E-state index contributed by atoms with van der Waals surface area (Å²) in [4.78, 5) is 35.8. The molecule has 0 aromatic heterocycles. The molecule has 3 rings (SSSR count). The molecule has 0 spiro atoms. The van der Waals surface area contributed by atoms with Gasteiger partial charge in [-0.2, -0.15) is 0 Å². The van der Waals surface area contributed by atoms with Gasteiger partial charge in [-0.15, -0.1) is 0 Å². The fourth-order valence-electron chi connectivity index (χ4n) is 2.86. The zero-order chi connectivity index (χ0) is 13.7. The Hall–Kier alpha value is -1.82. The first kappa shape index (κ1) is 12.2. The van der Waals surface area contributed by atoms with Crippen molar-refractivity contribution in [2.45, 2.75) is 12.8 Å². The van der Waals surface area contributed by atoms with Crippen molar-refractivity contribution in [1.29, 1.82) is 0 Å². The minimum absolute atomic E-state index is 0.0482. The number of imide groups is 1. The van der Waals surface area contributed by atoms with Crippen LogP contribution in [-0.4, -0.2) is 21.9 Å². The van der Waals surface area contributed by atoms with Gasteiger partial charge in [0.1, 0.15) is 0 Å². The Labute approximate surface area is 115 Å². The molecule has 2 N–H and O–H groups in total. The SMILES string of the molecule is Nc1cccc2c1CC(C1CC(=O)N(S)C1=O)C2=O. The van der Waals surface area contributed by atoms with Crippen LogP contribution in [0.4, 0.5) is 5.69 Å². The van der Waals surface area contributed by atoms with E-state index in [0.29, 0.717) is 17.7 Å². The monoisotopic (exact) mass is 276 g/mol. The normalized spacial score (nSPS) is 26.2. The zero-order valence-electron chi connectivity index (χ0n) is 10.00. The number of nitrogens with zero attached hydrogens (tertiary/aromatic N) is 1. The van der Waals surface area contributed by atoms with Crippen LogP contribution < -0.4 is 5.73 Å². The Morgan fingerprint density at radius 1 is 1.16 bits per heavy atom. The lowest BCUT2D eigenvalue weighted by Crippen LogP contribution is -2.28. The van der Waals surface area contributed by atoms with Gasteiger partial charge in [-0.3, -0.25) is 14.4 Å². The highest BCUT2D eigenvalue weighted by Gasteiger charge is 2.47. The van der Waals surface area contributed by atoms with Crippen molar-refractivity contribution < 1.29 is 14.4 Å². The lowest BCUT2D eigenvalue weighted by molar-refractivity contribution is -0.133. The first-order chi connectivity index (χ1) is 9.00. The number of nitrogens with two attached hydrogens (primary N) is 1. The van der Waals surface area contributed by atoms with Crippen LogP contribution in [0.25, 0.3) is 0 Å². The molecule has 1 fully saturated rings. The average Bonchev–Trinajstić information content (AvgIpc) is 2.84. The first-order valence-corrected chi connectivity index (χ1v) is 6.38. The van der Waals surface area contributed by atoms with Gasteiger partial charge in [0.2, 0.25) is 11.8 Å². The number of rotatable bonds is 1. The molecular formula is C13H12N2O3S.